The van der Waals surface area contributed by atoms with Gasteiger partial charge in [0.05, 0.1) is 31.1 Å². The lowest BCUT2D eigenvalue weighted by Gasteiger charge is -2.34. The Morgan fingerprint density at radius 3 is 2.88 bits per heavy atom. The molecule has 1 unspecified atom stereocenters. The molecule has 0 saturated carbocycles. The van der Waals surface area contributed by atoms with Crippen LogP contribution in [0.1, 0.15) is 17.4 Å². The summed E-state index contributed by atoms with van der Waals surface area (Å²) in [4.78, 5) is 10.2. The van der Waals surface area contributed by atoms with Crippen molar-refractivity contribution in [2.24, 2.45) is 0 Å². The topological polar surface area (TPSA) is 41.1 Å². The maximum atomic E-state index is 13.5. The van der Waals surface area contributed by atoms with Gasteiger partial charge in [0.15, 0.2) is 0 Å². The molecule has 0 bridgehead atoms. The smallest absolute Gasteiger partial charge is 0.126 e. The highest BCUT2D eigenvalue weighted by atomic mass is 35.5. The van der Waals surface area contributed by atoms with Crippen LogP contribution in [0.5, 0.6) is 0 Å². The average Bonchev–Trinajstić information content (AvgIpc) is 3.14. The summed E-state index contributed by atoms with van der Waals surface area (Å²) in [6, 6.07) is 14.4. The SMILES string of the molecule is Fc1cccc(-c2cnc(C3COCCN3Cc3ccc(Cl)cc3)[nH]2)c1. The average molecular weight is 372 g/mol. The van der Waals surface area contributed by atoms with Crippen LogP contribution in [0.15, 0.2) is 54.7 Å². The Kier molecular flexibility index (Phi) is 5.02. The lowest BCUT2D eigenvalue weighted by Crippen LogP contribution is -2.39. The first kappa shape index (κ1) is 17.2. The van der Waals surface area contributed by atoms with Crippen molar-refractivity contribution in [3.8, 4) is 11.3 Å². The van der Waals surface area contributed by atoms with Gasteiger partial charge in [-0.1, -0.05) is 35.9 Å². The largest absolute Gasteiger partial charge is 0.378 e. The van der Waals surface area contributed by atoms with Crippen LogP contribution in [0.4, 0.5) is 4.39 Å². The van der Waals surface area contributed by atoms with Gasteiger partial charge in [0.25, 0.3) is 0 Å². The van der Waals surface area contributed by atoms with Crippen molar-refractivity contribution in [3.05, 3.63) is 77.0 Å². The Labute approximate surface area is 156 Å². The number of ether oxygens (including phenoxy) is 1. The van der Waals surface area contributed by atoms with Gasteiger partial charge in [-0.15, -0.1) is 0 Å². The second-order valence-corrected chi connectivity index (χ2v) is 6.82. The highest BCUT2D eigenvalue weighted by molar-refractivity contribution is 6.30. The first-order chi connectivity index (χ1) is 12.7. The summed E-state index contributed by atoms with van der Waals surface area (Å²) in [5.41, 5.74) is 2.78. The molecular weight excluding hydrogens is 353 g/mol. The van der Waals surface area contributed by atoms with Crippen LogP contribution < -0.4 is 0 Å². The standard InChI is InChI=1S/C20H19ClFN3O/c21-16-6-4-14(5-7-16)12-25-8-9-26-13-19(25)20-23-11-18(24-20)15-2-1-3-17(22)10-15/h1-7,10-11,19H,8-9,12-13H2,(H,23,24). The number of aromatic amines is 1. The fraction of sp³-hybridized carbons (Fsp3) is 0.250. The molecule has 1 saturated heterocycles. The predicted octanol–water partition coefficient (Wildman–Crippen LogP) is 4.44. The van der Waals surface area contributed by atoms with Gasteiger partial charge in [-0.25, -0.2) is 9.37 Å². The maximum Gasteiger partial charge on any atom is 0.126 e. The van der Waals surface area contributed by atoms with Crippen molar-refractivity contribution in [3.63, 3.8) is 0 Å². The van der Waals surface area contributed by atoms with Crippen molar-refractivity contribution in [1.29, 1.82) is 0 Å². The summed E-state index contributed by atoms with van der Waals surface area (Å²) < 4.78 is 19.1. The molecule has 0 amide bonds. The van der Waals surface area contributed by atoms with Gasteiger partial charge >= 0.3 is 0 Å². The number of halogens is 2. The van der Waals surface area contributed by atoms with E-state index in [9.17, 15) is 4.39 Å². The molecule has 2 heterocycles. The monoisotopic (exact) mass is 371 g/mol. The summed E-state index contributed by atoms with van der Waals surface area (Å²) in [5.74, 6) is 0.571. The third-order valence-corrected chi connectivity index (χ3v) is 4.84. The van der Waals surface area contributed by atoms with Crippen LogP contribution in [-0.4, -0.2) is 34.6 Å². The van der Waals surface area contributed by atoms with Gasteiger partial charge in [0, 0.05) is 23.7 Å². The van der Waals surface area contributed by atoms with Crippen LogP contribution in [0, 0.1) is 5.82 Å². The molecule has 4 nitrogen and oxygen atoms in total. The normalized spacial score (nSPS) is 18.2. The van der Waals surface area contributed by atoms with Crippen molar-refractivity contribution in [1.82, 2.24) is 14.9 Å². The zero-order chi connectivity index (χ0) is 17.9. The fourth-order valence-corrected chi connectivity index (χ4v) is 3.34. The van der Waals surface area contributed by atoms with Crippen molar-refractivity contribution < 1.29 is 9.13 Å². The molecule has 0 spiro atoms. The fourth-order valence-electron chi connectivity index (χ4n) is 3.21. The molecule has 134 valence electrons. The molecular formula is C20H19ClFN3O. The molecule has 0 aliphatic carbocycles. The van der Waals surface area contributed by atoms with Crippen LogP contribution in [0.3, 0.4) is 0 Å². The summed E-state index contributed by atoms with van der Waals surface area (Å²) >= 11 is 5.98. The second kappa shape index (κ2) is 7.58. The highest BCUT2D eigenvalue weighted by Gasteiger charge is 2.27. The molecule has 4 rings (SSSR count). The Bertz CT molecular complexity index is 881. The van der Waals surface area contributed by atoms with E-state index in [2.05, 4.69) is 14.9 Å². The summed E-state index contributed by atoms with van der Waals surface area (Å²) in [7, 11) is 0. The lowest BCUT2D eigenvalue weighted by atomic mass is 10.1. The number of benzene rings is 2. The van der Waals surface area contributed by atoms with Crippen LogP contribution in [0.2, 0.25) is 5.02 Å². The van der Waals surface area contributed by atoms with E-state index in [-0.39, 0.29) is 11.9 Å². The third kappa shape index (κ3) is 3.80. The van der Waals surface area contributed by atoms with E-state index in [0.717, 1.165) is 35.2 Å². The molecule has 6 heteroatoms. The van der Waals surface area contributed by atoms with E-state index >= 15 is 0 Å². The second-order valence-electron chi connectivity index (χ2n) is 6.38. The molecule has 0 radical (unpaired) electrons. The zero-order valence-corrected chi connectivity index (χ0v) is 14.9. The van der Waals surface area contributed by atoms with Gasteiger partial charge in [0.1, 0.15) is 11.6 Å². The Morgan fingerprint density at radius 2 is 2.08 bits per heavy atom. The number of hydrogen-bond acceptors (Lipinski definition) is 3. The minimum atomic E-state index is -0.260. The van der Waals surface area contributed by atoms with Gasteiger partial charge < -0.3 is 9.72 Å². The number of H-pyrrole nitrogens is 1. The van der Waals surface area contributed by atoms with Crippen molar-refractivity contribution >= 4 is 11.6 Å². The van der Waals surface area contributed by atoms with Gasteiger partial charge in [0.2, 0.25) is 0 Å². The number of morpholine rings is 1. The number of imidazole rings is 1. The molecule has 1 N–H and O–H groups in total. The van der Waals surface area contributed by atoms with Gasteiger partial charge in [-0.2, -0.15) is 0 Å². The van der Waals surface area contributed by atoms with E-state index in [0.29, 0.717) is 13.2 Å². The molecule has 1 atom stereocenters. The molecule has 2 aromatic carbocycles. The molecule has 1 aliphatic rings. The Morgan fingerprint density at radius 1 is 1.23 bits per heavy atom. The molecule has 3 aromatic rings. The van der Waals surface area contributed by atoms with Crippen LogP contribution in [-0.2, 0) is 11.3 Å². The molecule has 26 heavy (non-hydrogen) atoms. The minimum Gasteiger partial charge on any atom is -0.378 e. The molecule has 1 aromatic heterocycles. The molecule has 1 fully saturated rings. The van der Waals surface area contributed by atoms with Gasteiger partial charge in [-0.3, -0.25) is 4.90 Å². The minimum absolute atomic E-state index is 0.0294. The van der Waals surface area contributed by atoms with Gasteiger partial charge in [-0.05, 0) is 29.8 Å². The van der Waals surface area contributed by atoms with Crippen molar-refractivity contribution in [2.45, 2.75) is 12.6 Å². The Balaban J connectivity index is 1.55. The Hall–Kier alpha value is -2.21. The number of rotatable bonds is 4. The van der Waals surface area contributed by atoms with E-state index < -0.39 is 0 Å². The first-order valence-electron chi connectivity index (χ1n) is 8.56. The highest BCUT2D eigenvalue weighted by Crippen LogP contribution is 2.27. The summed E-state index contributed by atoms with van der Waals surface area (Å²) in [5, 5.41) is 0.734. The maximum absolute atomic E-state index is 13.5. The first-order valence-corrected chi connectivity index (χ1v) is 8.94. The number of nitrogens with zero attached hydrogens (tertiary/aromatic N) is 2. The number of aromatic nitrogens is 2. The molecule has 1 aliphatic heterocycles. The van der Waals surface area contributed by atoms with Crippen LogP contribution >= 0.6 is 11.6 Å². The van der Waals surface area contributed by atoms with Crippen molar-refractivity contribution in [2.75, 3.05) is 19.8 Å². The van der Waals surface area contributed by atoms with Crippen LogP contribution in [0.25, 0.3) is 11.3 Å². The third-order valence-electron chi connectivity index (χ3n) is 4.58. The van der Waals surface area contributed by atoms with E-state index in [1.807, 2.05) is 30.3 Å². The zero-order valence-electron chi connectivity index (χ0n) is 14.2. The quantitative estimate of drug-likeness (QED) is 0.737. The van der Waals surface area contributed by atoms with E-state index in [1.165, 1.54) is 17.7 Å². The predicted molar refractivity (Wildman–Crippen MR) is 99.4 cm³/mol. The van der Waals surface area contributed by atoms with E-state index in [4.69, 9.17) is 16.3 Å². The summed E-state index contributed by atoms with van der Waals surface area (Å²) in [6.45, 7) is 2.88. The lowest BCUT2D eigenvalue weighted by molar-refractivity contribution is -0.0156. The number of hydrogen-bond donors (Lipinski definition) is 1. The number of nitrogens with one attached hydrogen (secondary N) is 1. The van der Waals surface area contributed by atoms with E-state index in [1.54, 1.807) is 12.3 Å². The summed E-state index contributed by atoms with van der Waals surface area (Å²) in [6.07, 6.45) is 1.75.